The minimum Gasteiger partial charge on any atom is -0.368 e. The fourth-order valence-corrected chi connectivity index (χ4v) is 3.28. The Bertz CT molecular complexity index is 737. The third-order valence-electron chi connectivity index (χ3n) is 4.12. The van der Waals surface area contributed by atoms with E-state index in [0.717, 1.165) is 42.7 Å². The number of pyridine rings is 1. The molecule has 1 unspecified atom stereocenters. The number of carbonyl (C=O) groups excluding carboxylic acids is 1. The zero-order valence-electron chi connectivity index (χ0n) is 11.3. The Kier molecular flexibility index (Phi) is 2.24. The Morgan fingerprint density at radius 1 is 1.30 bits per heavy atom. The molecule has 0 bridgehead atoms. The van der Waals surface area contributed by atoms with Gasteiger partial charge in [0.05, 0.1) is 16.9 Å². The predicted octanol–water partition coefficient (Wildman–Crippen LogP) is 1.47. The van der Waals surface area contributed by atoms with E-state index in [1.165, 1.54) is 0 Å². The van der Waals surface area contributed by atoms with Crippen LogP contribution >= 0.6 is 0 Å². The molecule has 2 aliphatic heterocycles. The molecule has 0 aromatic carbocycles. The summed E-state index contributed by atoms with van der Waals surface area (Å²) in [6, 6.07) is 1.72. The first kappa shape index (κ1) is 11.6. The molecule has 4 heterocycles. The number of nitrogens with two attached hydrogens (primary N) is 1. The second-order valence-corrected chi connectivity index (χ2v) is 5.48. The number of piperidine rings is 1. The van der Waals surface area contributed by atoms with Gasteiger partial charge in [-0.05, 0) is 32.3 Å². The molecule has 2 aliphatic rings. The Hall–Kier alpha value is -2.24. The molecule has 1 fully saturated rings. The van der Waals surface area contributed by atoms with E-state index in [1.807, 2.05) is 13.0 Å². The quantitative estimate of drug-likeness (QED) is 0.779. The lowest BCUT2D eigenvalue weighted by molar-refractivity contribution is 0.0938. The standard InChI is InChI=1S/C14H15N5O/c1-7-6-8-10-11(16-7)12(20)9-4-2-3-5-19(9)13(10)18-14(15)17-8/h6,9H,2-5H2,1H3,(H2,15,17,18). The average molecular weight is 269 g/mol. The monoisotopic (exact) mass is 269 g/mol. The highest BCUT2D eigenvalue weighted by atomic mass is 16.1. The van der Waals surface area contributed by atoms with Crippen LogP contribution < -0.4 is 10.6 Å². The molecule has 0 radical (unpaired) electrons. The predicted molar refractivity (Wildman–Crippen MR) is 75.8 cm³/mol. The molecule has 2 aromatic rings. The number of ketones is 1. The van der Waals surface area contributed by atoms with Crippen LogP contribution in [0.4, 0.5) is 11.8 Å². The molecule has 0 spiro atoms. The largest absolute Gasteiger partial charge is 0.368 e. The summed E-state index contributed by atoms with van der Waals surface area (Å²) in [6.45, 7) is 2.71. The third-order valence-corrected chi connectivity index (χ3v) is 4.12. The first-order chi connectivity index (χ1) is 9.65. The van der Waals surface area contributed by atoms with Crippen molar-refractivity contribution in [3.8, 4) is 0 Å². The highest BCUT2D eigenvalue weighted by molar-refractivity contribution is 6.16. The van der Waals surface area contributed by atoms with E-state index in [-0.39, 0.29) is 17.8 Å². The number of Topliss-reactive ketones (excluding diaryl/α,β-unsaturated/α-hetero) is 1. The van der Waals surface area contributed by atoms with Crippen LogP contribution in [0.15, 0.2) is 6.07 Å². The number of nitrogens with zero attached hydrogens (tertiary/aromatic N) is 4. The van der Waals surface area contributed by atoms with Crippen molar-refractivity contribution in [3.63, 3.8) is 0 Å². The van der Waals surface area contributed by atoms with Gasteiger partial charge in [0, 0.05) is 12.2 Å². The number of fused-ring (bicyclic) bond motifs is 2. The Morgan fingerprint density at radius 2 is 2.15 bits per heavy atom. The molecule has 102 valence electrons. The van der Waals surface area contributed by atoms with Gasteiger partial charge in [-0.15, -0.1) is 0 Å². The van der Waals surface area contributed by atoms with Crippen LogP contribution in [0, 0.1) is 6.92 Å². The molecule has 20 heavy (non-hydrogen) atoms. The van der Waals surface area contributed by atoms with Crippen molar-refractivity contribution in [2.24, 2.45) is 0 Å². The summed E-state index contributed by atoms with van der Waals surface area (Å²) in [7, 11) is 0. The first-order valence-electron chi connectivity index (χ1n) is 6.91. The fraction of sp³-hybridized carbons (Fsp3) is 0.429. The summed E-state index contributed by atoms with van der Waals surface area (Å²) in [4.78, 5) is 27.8. The fourth-order valence-electron chi connectivity index (χ4n) is 3.28. The van der Waals surface area contributed by atoms with E-state index < -0.39 is 0 Å². The van der Waals surface area contributed by atoms with Gasteiger partial charge >= 0.3 is 0 Å². The second kappa shape index (κ2) is 3.88. The van der Waals surface area contributed by atoms with Crippen molar-refractivity contribution in [2.45, 2.75) is 32.2 Å². The molecular weight excluding hydrogens is 254 g/mol. The third kappa shape index (κ3) is 1.44. The molecule has 2 N–H and O–H groups in total. The van der Waals surface area contributed by atoms with Gasteiger partial charge in [0.15, 0.2) is 0 Å². The summed E-state index contributed by atoms with van der Waals surface area (Å²) in [6.07, 6.45) is 3.00. The van der Waals surface area contributed by atoms with E-state index in [9.17, 15) is 4.79 Å². The summed E-state index contributed by atoms with van der Waals surface area (Å²) in [5.41, 5.74) is 7.84. The highest BCUT2D eigenvalue weighted by Crippen LogP contribution is 2.37. The zero-order valence-corrected chi connectivity index (χ0v) is 11.3. The van der Waals surface area contributed by atoms with Crippen LogP contribution in [-0.4, -0.2) is 33.3 Å². The van der Waals surface area contributed by atoms with Crippen LogP contribution in [0.1, 0.15) is 35.4 Å². The van der Waals surface area contributed by atoms with E-state index in [1.54, 1.807) is 0 Å². The molecule has 0 aliphatic carbocycles. The van der Waals surface area contributed by atoms with Crippen molar-refractivity contribution >= 4 is 28.5 Å². The van der Waals surface area contributed by atoms with Crippen molar-refractivity contribution in [1.29, 1.82) is 0 Å². The number of hydrogen-bond donors (Lipinski definition) is 1. The number of aromatic nitrogens is 3. The number of nitrogen functional groups attached to an aromatic ring is 1. The number of rotatable bonds is 0. The maximum Gasteiger partial charge on any atom is 0.222 e. The first-order valence-corrected chi connectivity index (χ1v) is 6.91. The van der Waals surface area contributed by atoms with Crippen LogP contribution in [0.2, 0.25) is 0 Å². The van der Waals surface area contributed by atoms with Crippen LogP contribution in [0.5, 0.6) is 0 Å². The van der Waals surface area contributed by atoms with E-state index >= 15 is 0 Å². The molecule has 0 amide bonds. The molecule has 0 saturated carbocycles. The Balaban J connectivity index is 2.10. The molecule has 6 heteroatoms. The molecule has 6 nitrogen and oxygen atoms in total. The second-order valence-electron chi connectivity index (χ2n) is 5.48. The van der Waals surface area contributed by atoms with Gasteiger partial charge in [-0.2, -0.15) is 4.98 Å². The number of hydrogen-bond acceptors (Lipinski definition) is 6. The van der Waals surface area contributed by atoms with Gasteiger partial charge in [-0.25, -0.2) is 9.97 Å². The average Bonchev–Trinajstić information content (AvgIpc) is 2.43. The van der Waals surface area contributed by atoms with Gasteiger partial charge in [0.1, 0.15) is 11.5 Å². The van der Waals surface area contributed by atoms with Gasteiger partial charge in [0.25, 0.3) is 0 Å². The van der Waals surface area contributed by atoms with E-state index in [0.29, 0.717) is 11.2 Å². The summed E-state index contributed by atoms with van der Waals surface area (Å²) in [5.74, 6) is 1.13. The molecule has 4 rings (SSSR count). The Labute approximate surface area is 116 Å². The lowest BCUT2D eigenvalue weighted by atomic mass is 9.91. The Morgan fingerprint density at radius 3 is 3.00 bits per heavy atom. The van der Waals surface area contributed by atoms with Crippen molar-refractivity contribution < 1.29 is 4.79 Å². The van der Waals surface area contributed by atoms with Gasteiger partial charge in [-0.1, -0.05) is 0 Å². The van der Waals surface area contributed by atoms with Gasteiger partial charge in [0.2, 0.25) is 11.7 Å². The van der Waals surface area contributed by atoms with Crippen LogP contribution in [0.3, 0.4) is 0 Å². The summed E-state index contributed by atoms with van der Waals surface area (Å²) in [5, 5.41) is 0.757. The summed E-state index contributed by atoms with van der Waals surface area (Å²) >= 11 is 0. The summed E-state index contributed by atoms with van der Waals surface area (Å²) < 4.78 is 0. The zero-order chi connectivity index (χ0) is 13.9. The maximum atomic E-state index is 12.7. The number of aryl methyl sites for hydroxylation is 1. The molecule has 1 saturated heterocycles. The maximum absolute atomic E-state index is 12.7. The topological polar surface area (TPSA) is 85.0 Å². The lowest BCUT2D eigenvalue weighted by Crippen LogP contribution is -2.48. The SMILES string of the molecule is Cc1cc2nc(N)nc3c2c(n1)C(=O)C1CCCCN31. The number of carbonyl (C=O) groups is 1. The smallest absolute Gasteiger partial charge is 0.222 e. The number of anilines is 2. The van der Waals surface area contributed by atoms with Crippen molar-refractivity contribution in [2.75, 3.05) is 17.2 Å². The van der Waals surface area contributed by atoms with E-state index in [4.69, 9.17) is 5.73 Å². The normalized spacial score (nSPS) is 21.1. The molecule has 1 atom stereocenters. The molecular formula is C14H15N5O. The minimum atomic E-state index is -0.136. The van der Waals surface area contributed by atoms with Crippen LogP contribution in [-0.2, 0) is 0 Å². The lowest BCUT2D eigenvalue weighted by Gasteiger charge is -2.39. The van der Waals surface area contributed by atoms with Gasteiger partial charge in [-0.3, -0.25) is 4.79 Å². The van der Waals surface area contributed by atoms with Crippen molar-refractivity contribution in [1.82, 2.24) is 15.0 Å². The molecule has 2 aromatic heterocycles. The minimum absolute atomic E-state index is 0.0965. The van der Waals surface area contributed by atoms with Crippen LogP contribution in [0.25, 0.3) is 10.9 Å². The van der Waals surface area contributed by atoms with E-state index in [2.05, 4.69) is 19.9 Å². The van der Waals surface area contributed by atoms with Gasteiger partial charge < -0.3 is 10.6 Å². The highest BCUT2D eigenvalue weighted by Gasteiger charge is 2.38. The van der Waals surface area contributed by atoms with Crippen molar-refractivity contribution in [3.05, 3.63) is 17.5 Å².